The zero-order valence-corrected chi connectivity index (χ0v) is 14.5. The molecular weight excluding hydrogens is 318 g/mol. The fraction of sp³-hybridized carbons (Fsp3) is 0.500. The second-order valence-electron chi connectivity index (χ2n) is 6.53. The molecule has 1 aromatic carbocycles. The van der Waals surface area contributed by atoms with Gasteiger partial charge in [-0.1, -0.05) is 25.0 Å². The van der Waals surface area contributed by atoms with Gasteiger partial charge in [-0.3, -0.25) is 4.68 Å². The van der Waals surface area contributed by atoms with Gasteiger partial charge in [-0.2, -0.15) is 5.10 Å². The number of hydrogen-bond acceptors (Lipinski definition) is 4. The second-order valence-corrected chi connectivity index (χ2v) is 6.53. The first-order valence-electron chi connectivity index (χ1n) is 8.79. The number of amides is 2. The number of hydrogen-bond donors (Lipinski definition) is 2. The predicted octanol–water partition coefficient (Wildman–Crippen LogP) is 2.95. The van der Waals surface area contributed by atoms with Crippen LogP contribution in [-0.4, -0.2) is 32.9 Å². The van der Waals surface area contributed by atoms with E-state index in [-0.39, 0.29) is 12.1 Å². The summed E-state index contributed by atoms with van der Waals surface area (Å²) in [5, 5.41) is 9.75. The molecule has 0 radical (unpaired) electrons. The molecule has 1 fully saturated rings. The maximum atomic E-state index is 12.0. The van der Waals surface area contributed by atoms with Crippen molar-refractivity contribution in [3.8, 4) is 0 Å². The third kappa shape index (κ3) is 5.56. The van der Waals surface area contributed by atoms with Gasteiger partial charge in [0.05, 0.1) is 19.3 Å². The minimum absolute atomic E-state index is 0.0548. The molecule has 0 spiro atoms. The van der Waals surface area contributed by atoms with Crippen LogP contribution in [0, 0.1) is 0 Å². The highest BCUT2D eigenvalue weighted by atomic mass is 16.5. The van der Waals surface area contributed by atoms with E-state index in [0.717, 1.165) is 11.3 Å². The lowest BCUT2D eigenvalue weighted by atomic mass is 10.2. The summed E-state index contributed by atoms with van der Waals surface area (Å²) >= 11 is 0. The molecule has 25 heavy (non-hydrogen) atoms. The van der Waals surface area contributed by atoms with E-state index in [2.05, 4.69) is 20.7 Å². The van der Waals surface area contributed by atoms with Gasteiger partial charge in [-0.05, 0) is 37.5 Å². The summed E-state index contributed by atoms with van der Waals surface area (Å²) < 4.78 is 7.58. The zero-order chi connectivity index (χ0) is 17.5. The Morgan fingerprint density at radius 3 is 2.76 bits per heavy atom. The highest BCUT2D eigenvalue weighted by Gasteiger charge is 2.15. The van der Waals surface area contributed by atoms with Crippen LogP contribution >= 0.6 is 0 Å². The van der Waals surface area contributed by atoms with Crippen LogP contribution in [0.1, 0.15) is 38.2 Å². The van der Waals surface area contributed by atoms with Crippen LogP contribution in [0.15, 0.2) is 36.9 Å². The van der Waals surface area contributed by atoms with E-state index < -0.39 is 0 Å². The minimum Gasteiger partial charge on any atom is -0.374 e. The molecule has 2 amide bonds. The molecule has 1 heterocycles. The number of aromatic nitrogens is 3. The van der Waals surface area contributed by atoms with Crippen molar-refractivity contribution in [3.05, 3.63) is 42.5 Å². The van der Waals surface area contributed by atoms with Crippen molar-refractivity contribution in [1.29, 1.82) is 0 Å². The van der Waals surface area contributed by atoms with Gasteiger partial charge < -0.3 is 15.4 Å². The number of nitrogens with one attached hydrogen (secondary N) is 2. The highest BCUT2D eigenvalue weighted by Crippen LogP contribution is 2.22. The normalized spacial score (nSPS) is 15.9. The number of anilines is 1. The molecule has 7 nitrogen and oxygen atoms in total. The van der Waals surface area contributed by atoms with Crippen molar-refractivity contribution in [2.24, 2.45) is 0 Å². The van der Waals surface area contributed by atoms with Crippen LogP contribution in [0.4, 0.5) is 10.5 Å². The van der Waals surface area contributed by atoms with Gasteiger partial charge in [0.2, 0.25) is 0 Å². The van der Waals surface area contributed by atoms with Gasteiger partial charge >= 0.3 is 6.03 Å². The number of ether oxygens (including phenoxy) is 1. The van der Waals surface area contributed by atoms with E-state index in [0.29, 0.717) is 19.3 Å². The molecule has 1 aliphatic carbocycles. The number of urea groups is 1. The molecule has 1 saturated carbocycles. The molecule has 1 atom stereocenters. The van der Waals surface area contributed by atoms with Gasteiger partial charge in [0.15, 0.2) is 0 Å². The molecular formula is C18H25N5O2. The van der Waals surface area contributed by atoms with Crippen molar-refractivity contribution in [2.45, 2.75) is 57.9 Å². The largest absolute Gasteiger partial charge is 0.374 e. The van der Waals surface area contributed by atoms with Crippen LogP contribution in [0.25, 0.3) is 0 Å². The predicted molar refractivity (Wildman–Crippen MR) is 95.1 cm³/mol. The Morgan fingerprint density at radius 2 is 2.08 bits per heavy atom. The summed E-state index contributed by atoms with van der Waals surface area (Å²) in [5.74, 6) is 0. The molecule has 134 valence electrons. The van der Waals surface area contributed by atoms with Crippen LogP contribution in [0.3, 0.4) is 0 Å². The van der Waals surface area contributed by atoms with Crippen molar-refractivity contribution >= 4 is 11.7 Å². The molecule has 7 heteroatoms. The van der Waals surface area contributed by atoms with Crippen LogP contribution in [-0.2, 0) is 17.9 Å². The molecule has 1 aliphatic rings. The van der Waals surface area contributed by atoms with Crippen LogP contribution in [0.5, 0.6) is 0 Å². The SMILES string of the molecule is C[C@H](Cn1cncn1)NC(=O)Nc1ccc(COC2CCCC2)cc1. The van der Waals surface area contributed by atoms with Crippen molar-refractivity contribution in [3.63, 3.8) is 0 Å². The summed E-state index contributed by atoms with van der Waals surface area (Å²) in [6.07, 6.45) is 8.41. The average Bonchev–Trinajstić information content (AvgIpc) is 3.27. The van der Waals surface area contributed by atoms with E-state index in [1.807, 2.05) is 31.2 Å². The van der Waals surface area contributed by atoms with Crippen LogP contribution in [0.2, 0.25) is 0 Å². The summed E-state index contributed by atoms with van der Waals surface area (Å²) in [5.41, 5.74) is 1.88. The van der Waals surface area contributed by atoms with Gasteiger partial charge in [0.25, 0.3) is 0 Å². The third-order valence-electron chi connectivity index (χ3n) is 4.30. The number of rotatable bonds is 7. The molecule has 0 saturated heterocycles. The molecule has 3 rings (SSSR count). The lowest BCUT2D eigenvalue weighted by molar-refractivity contribution is 0.0457. The maximum absolute atomic E-state index is 12.0. The van der Waals surface area contributed by atoms with Crippen LogP contribution < -0.4 is 10.6 Å². The summed E-state index contributed by atoms with van der Waals surface area (Å²) in [4.78, 5) is 15.9. The molecule has 0 bridgehead atoms. The zero-order valence-electron chi connectivity index (χ0n) is 14.5. The Bertz CT molecular complexity index is 651. The Labute approximate surface area is 147 Å². The fourth-order valence-corrected chi connectivity index (χ4v) is 3.00. The Morgan fingerprint density at radius 1 is 1.32 bits per heavy atom. The van der Waals surface area contributed by atoms with E-state index in [1.165, 1.54) is 32.0 Å². The Hall–Kier alpha value is -2.41. The first-order chi connectivity index (χ1) is 12.2. The Balaban J connectivity index is 1.41. The second kappa shape index (κ2) is 8.62. The van der Waals surface area contributed by atoms with E-state index >= 15 is 0 Å². The van der Waals surface area contributed by atoms with E-state index in [4.69, 9.17) is 4.74 Å². The standard InChI is InChI=1S/C18H25N5O2/c1-14(10-23-13-19-12-20-23)21-18(24)22-16-8-6-15(7-9-16)11-25-17-4-2-3-5-17/h6-9,12-14,17H,2-5,10-11H2,1H3,(H2,21,22,24)/t14-/m1/s1. The summed E-state index contributed by atoms with van der Waals surface area (Å²) in [6.45, 7) is 3.13. The summed E-state index contributed by atoms with van der Waals surface area (Å²) in [7, 11) is 0. The van der Waals surface area contributed by atoms with E-state index in [9.17, 15) is 4.79 Å². The molecule has 2 N–H and O–H groups in total. The topological polar surface area (TPSA) is 81.1 Å². The quantitative estimate of drug-likeness (QED) is 0.810. The lowest BCUT2D eigenvalue weighted by Crippen LogP contribution is -2.38. The third-order valence-corrected chi connectivity index (χ3v) is 4.30. The fourth-order valence-electron chi connectivity index (χ4n) is 3.00. The van der Waals surface area contributed by atoms with Crippen molar-refractivity contribution in [2.75, 3.05) is 5.32 Å². The van der Waals surface area contributed by atoms with Crippen molar-refractivity contribution < 1.29 is 9.53 Å². The minimum atomic E-state index is -0.234. The van der Waals surface area contributed by atoms with Gasteiger partial charge in [-0.15, -0.1) is 0 Å². The number of benzene rings is 1. The number of carbonyl (C=O) groups excluding carboxylic acids is 1. The smallest absolute Gasteiger partial charge is 0.319 e. The maximum Gasteiger partial charge on any atom is 0.319 e. The Kier molecular flexibility index (Phi) is 6.00. The van der Waals surface area contributed by atoms with E-state index in [1.54, 1.807) is 11.0 Å². The molecule has 0 unspecified atom stereocenters. The first-order valence-corrected chi connectivity index (χ1v) is 8.79. The average molecular weight is 343 g/mol. The van der Waals surface area contributed by atoms with Gasteiger partial charge in [0, 0.05) is 11.7 Å². The van der Waals surface area contributed by atoms with Gasteiger partial charge in [-0.25, -0.2) is 9.78 Å². The molecule has 0 aliphatic heterocycles. The number of carbonyl (C=O) groups is 1. The highest BCUT2D eigenvalue weighted by molar-refractivity contribution is 5.89. The summed E-state index contributed by atoms with van der Waals surface area (Å²) in [6, 6.07) is 7.49. The molecule has 2 aromatic rings. The molecule has 1 aromatic heterocycles. The lowest BCUT2D eigenvalue weighted by Gasteiger charge is -2.15. The van der Waals surface area contributed by atoms with Crippen molar-refractivity contribution in [1.82, 2.24) is 20.1 Å². The number of nitrogens with zero attached hydrogens (tertiary/aromatic N) is 3. The van der Waals surface area contributed by atoms with Gasteiger partial charge in [0.1, 0.15) is 12.7 Å². The monoisotopic (exact) mass is 343 g/mol. The first kappa shape index (κ1) is 17.4.